The van der Waals surface area contributed by atoms with Crippen LogP contribution < -0.4 is 0 Å². The van der Waals surface area contributed by atoms with Gasteiger partial charge < -0.3 is 14.6 Å². The van der Waals surface area contributed by atoms with Crippen LogP contribution in [-0.4, -0.2) is 54.2 Å². The van der Waals surface area contributed by atoms with Crippen LogP contribution in [0.3, 0.4) is 0 Å². The molecule has 0 radical (unpaired) electrons. The number of nitrogens with zero attached hydrogens (tertiary/aromatic N) is 1. The monoisotopic (exact) mass is 227 g/mol. The topological polar surface area (TPSA) is 41.9 Å². The minimum Gasteiger partial charge on any atom is -0.391 e. The van der Waals surface area contributed by atoms with Gasteiger partial charge in [0.05, 0.1) is 19.3 Å². The predicted molar refractivity (Wildman–Crippen MR) is 59.1 cm³/mol. The third-order valence-electron chi connectivity index (χ3n) is 4.21. The highest BCUT2D eigenvalue weighted by Crippen LogP contribution is 2.38. The molecule has 1 aliphatic carbocycles. The van der Waals surface area contributed by atoms with Crippen LogP contribution in [0.5, 0.6) is 0 Å². The highest BCUT2D eigenvalue weighted by molar-refractivity contribution is 4.94. The number of aliphatic hydroxyl groups excluding tert-OH is 1. The van der Waals surface area contributed by atoms with Crippen LogP contribution in [0.25, 0.3) is 0 Å². The largest absolute Gasteiger partial charge is 0.391 e. The van der Waals surface area contributed by atoms with Crippen molar-refractivity contribution in [1.82, 2.24) is 4.90 Å². The molecule has 4 nitrogen and oxygen atoms in total. The van der Waals surface area contributed by atoms with Gasteiger partial charge in [0, 0.05) is 18.9 Å². The number of ether oxygens (including phenoxy) is 2. The molecule has 1 saturated carbocycles. The molecule has 1 N–H and O–H groups in total. The summed E-state index contributed by atoms with van der Waals surface area (Å²) in [6.45, 7) is 3.67. The Morgan fingerprint density at radius 2 is 1.81 bits per heavy atom. The maximum atomic E-state index is 10.1. The SMILES string of the molecule is OC1CCC2(CC1N1CCCC1)OCCO2. The molecule has 3 fully saturated rings. The van der Waals surface area contributed by atoms with Gasteiger partial charge in [-0.15, -0.1) is 0 Å². The number of hydrogen-bond acceptors (Lipinski definition) is 4. The Hall–Kier alpha value is -0.160. The van der Waals surface area contributed by atoms with Gasteiger partial charge in [0.1, 0.15) is 0 Å². The molecule has 2 saturated heterocycles. The lowest BCUT2D eigenvalue weighted by Gasteiger charge is -2.42. The maximum Gasteiger partial charge on any atom is 0.170 e. The van der Waals surface area contributed by atoms with Gasteiger partial charge in [0.25, 0.3) is 0 Å². The summed E-state index contributed by atoms with van der Waals surface area (Å²) in [6.07, 6.45) is 4.82. The van der Waals surface area contributed by atoms with Crippen molar-refractivity contribution >= 4 is 0 Å². The zero-order valence-electron chi connectivity index (χ0n) is 9.73. The van der Waals surface area contributed by atoms with Crippen molar-refractivity contribution in [2.24, 2.45) is 0 Å². The van der Waals surface area contributed by atoms with Gasteiger partial charge in [0.15, 0.2) is 5.79 Å². The molecule has 0 amide bonds. The molecule has 2 atom stereocenters. The standard InChI is InChI=1S/C12H21NO3/c14-11-3-4-12(15-7-8-16-12)9-10(11)13-5-1-2-6-13/h10-11,14H,1-9H2. The first-order valence-corrected chi connectivity index (χ1v) is 6.49. The number of aliphatic hydroxyl groups is 1. The molecule has 16 heavy (non-hydrogen) atoms. The minimum atomic E-state index is -0.369. The van der Waals surface area contributed by atoms with E-state index >= 15 is 0 Å². The van der Waals surface area contributed by atoms with Crippen molar-refractivity contribution < 1.29 is 14.6 Å². The van der Waals surface area contributed by atoms with E-state index in [1.165, 1.54) is 12.8 Å². The van der Waals surface area contributed by atoms with E-state index in [0.29, 0.717) is 13.2 Å². The normalized spacial score (nSPS) is 39.6. The number of rotatable bonds is 1. The molecule has 2 aliphatic heterocycles. The summed E-state index contributed by atoms with van der Waals surface area (Å²) in [7, 11) is 0. The van der Waals surface area contributed by atoms with E-state index in [1.54, 1.807) is 0 Å². The Balaban J connectivity index is 1.70. The highest BCUT2D eigenvalue weighted by atomic mass is 16.7. The fourth-order valence-corrected chi connectivity index (χ4v) is 3.32. The summed E-state index contributed by atoms with van der Waals surface area (Å²) >= 11 is 0. The van der Waals surface area contributed by atoms with Crippen LogP contribution in [-0.2, 0) is 9.47 Å². The van der Waals surface area contributed by atoms with Crippen LogP contribution in [0, 0.1) is 0 Å². The molecular weight excluding hydrogens is 206 g/mol. The van der Waals surface area contributed by atoms with Gasteiger partial charge >= 0.3 is 0 Å². The Morgan fingerprint density at radius 1 is 1.12 bits per heavy atom. The van der Waals surface area contributed by atoms with Crippen LogP contribution in [0.2, 0.25) is 0 Å². The first-order valence-electron chi connectivity index (χ1n) is 6.49. The first-order chi connectivity index (χ1) is 7.79. The van der Waals surface area contributed by atoms with Gasteiger partial charge in [0.2, 0.25) is 0 Å². The van der Waals surface area contributed by atoms with Gasteiger partial charge in [-0.25, -0.2) is 0 Å². The number of likely N-dealkylation sites (tertiary alicyclic amines) is 1. The molecule has 2 unspecified atom stereocenters. The van der Waals surface area contributed by atoms with Gasteiger partial charge in [-0.3, -0.25) is 4.90 Å². The zero-order valence-corrected chi connectivity index (χ0v) is 9.73. The smallest absolute Gasteiger partial charge is 0.170 e. The van der Waals surface area contributed by atoms with E-state index in [2.05, 4.69) is 4.90 Å². The fraction of sp³-hybridized carbons (Fsp3) is 1.00. The Labute approximate surface area is 96.5 Å². The average molecular weight is 227 g/mol. The summed E-state index contributed by atoms with van der Waals surface area (Å²) in [5.74, 6) is -0.369. The zero-order chi connectivity index (χ0) is 11.0. The van der Waals surface area contributed by atoms with Gasteiger partial charge in [-0.1, -0.05) is 0 Å². The molecule has 0 aromatic heterocycles. The summed E-state index contributed by atoms with van der Waals surface area (Å²) in [4.78, 5) is 2.41. The Morgan fingerprint density at radius 3 is 2.50 bits per heavy atom. The van der Waals surface area contributed by atoms with Crippen molar-refractivity contribution in [2.45, 2.75) is 50.0 Å². The summed E-state index contributed by atoms with van der Waals surface area (Å²) in [5.41, 5.74) is 0. The molecule has 3 rings (SSSR count). The molecule has 92 valence electrons. The molecule has 2 heterocycles. The van der Waals surface area contributed by atoms with Gasteiger partial charge in [-0.2, -0.15) is 0 Å². The summed E-state index contributed by atoms with van der Waals surface area (Å²) < 4.78 is 11.5. The van der Waals surface area contributed by atoms with Crippen LogP contribution >= 0.6 is 0 Å². The molecule has 0 aromatic rings. The van der Waals surface area contributed by atoms with Gasteiger partial charge in [-0.05, 0) is 32.4 Å². The summed E-state index contributed by atoms with van der Waals surface area (Å²) in [6, 6.07) is 0.245. The molecule has 1 spiro atoms. The van der Waals surface area contributed by atoms with E-state index in [9.17, 15) is 5.11 Å². The van der Waals surface area contributed by atoms with Crippen molar-refractivity contribution in [3.05, 3.63) is 0 Å². The third-order valence-corrected chi connectivity index (χ3v) is 4.21. The second-order valence-electron chi connectivity index (χ2n) is 5.23. The second kappa shape index (κ2) is 4.26. The van der Waals surface area contributed by atoms with Crippen LogP contribution in [0.4, 0.5) is 0 Å². The van der Waals surface area contributed by atoms with Crippen molar-refractivity contribution in [3.8, 4) is 0 Å². The summed E-state index contributed by atoms with van der Waals surface area (Å²) in [5, 5.41) is 10.1. The van der Waals surface area contributed by atoms with Crippen molar-refractivity contribution in [2.75, 3.05) is 26.3 Å². The lowest BCUT2D eigenvalue weighted by atomic mass is 9.86. The average Bonchev–Trinajstić information content (AvgIpc) is 2.94. The van der Waals surface area contributed by atoms with E-state index < -0.39 is 0 Å². The lowest BCUT2D eigenvalue weighted by Crippen LogP contribution is -2.52. The predicted octanol–water partition coefficient (Wildman–Crippen LogP) is 0.739. The van der Waals surface area contributed by atoms with E-state index in [0.717, 1.165) is 32.4 Å². The number of hydrogen-bond donors (Lipinski definition) is 1. The fourth-order valence-electron chi connectivity index (χ4n) is 3.32. The molecule has 0 bridgehead atoms. The van der Waals surface area contributed by atoms with E-state index in [4.69, 9.17) is 9.47 Å². The van der Waals surface area contributed by atoms with Crippen LogP contribution in [0.1, 0.15) is 32.1 Å². The Kier molecular flexibility index (Phi) is 2.92. The van der Waals surface area contributed by atoms with Crippen molar-refractivity contribution in [1.29, 1.82) is 0 Å². The minimum absolute atomic E-state index is 0.198. The van der Waals surface area contributed by atoms with E-state index in [-0.39, 0.29) is 17.9 Å². The molecule has 0 aromatic carbocycles. The highest BCUT2D eigenvalue weighted by Gasteiger charge is 2.46. The van der Waals surface area contributed by atoms with Crippen LogP contribution in [0.15, 0.2) is 0 Å². The van der Waals surface area contributed by atoms with E-state index in [1.807, 2.05) is 0 Å². The van der Waals surface area contributed by atoms with Crippen molar-refractivity contribution in [3.63, 3.8) is 0 Å². The lowest BCUT2D eigenvalue weighted by molar-refractivity contribution is -0.204. The molecular formula is C12H21NO3. The molecule has 4 heteroatoms. The second-order valence-corrected chi connectivity index (χ2v) is 5.23. The maximum absolute atomic E-state index is 10.1. The molecule has 3 aliphatic rings. The quantitative estimate of drug-likeness (QED) is 0.717. The first kappa shape index (κ1) is 11.0. The Bertz CT molecular complexity index is 247. The third kappa shape index (κ3) is 1.88.